The van der Waals surface area contributed by atoms with Crippen molar-refractivity contribution in [2.24, 2.45) is 11.8 Å². The van der Waals surface area contributed by atoms with E-state index in [1.165, 1.54) is 6.07 Å². The predicted octanol–water partition coefficient (Wildman–Crippen LogP) is 7.25. The zero-order valence-electron chi connectivity index (χ0n) is 21.1. The number of halogens is 1. The van der Waals surface area contributed by atoms with E-state index >= 15 is 0 Å². The summed E-state index contributed by atoms with van der Waals surface area (Å²) >= 11 is 0. The fourth-order valence-electron chi connectivity index (χ4n) is 4.68. The number of rotatable bonds is 10. The number of carbonyl (C=O) groups excluding carboxylic acids is 1. The highest BCUT2D eigenvalue weighted by Gasteiger charge is 2.47. The Balaban J connectivity index is 1.52. The first-order valence-electron chi connectivity index (χ1n) is 12.7. The van der Waals surface area contributed by atoms with Crippen molar-refractivity contribution in [1.82, 2.24) is 4.98 Å². The Labute approximate surface area is 208 Å². The van der Waals surface area contributed by atoms with E-state index in [1.807, 2.05) is 49.1 Å². The van der Waals surface area contributed by atoms with Crippen LogP contribution < -0.4 is 9.64 Å². The second kappa shape index (κ2) is 11.0. The minimum absolute atomic E-state index is 0.00646. The highest BCUT2D eigenvalue weighted by Crippen LogP contribution is 2.48. The fraction of sp³-hybridized carbons (Fsp3) is 0.400. The summed E-state index contributed by atoms with van der Waals surface area (Å²) in [7, 11) is 0. The van der Waals surface area contributed by atoms with Crippen molar-refractivity contribution in [2.75, 3.05) is 11.4 Å². The number of pyridine rings is 1. The predicted molar refractivity (Wildman–Crippen MR) is 139 cm³/mol. The first-order chi connectivity index (χ1) is 16.9. The van der Waals surface area contributed by atoms with Gasteiger partial charge in [0.2, 0.25) is 11.9 Å². The molecule has 184 valence electrons. The van der Waals surface area contributed by atoms with Crippen LogP contribution in [0.2, 0.25) is 0 Å². The average molecular weight is 475 g/mol. The quantitative estimate of drug-likeness (QED) is 0.291. The molecule has 1 aliphatic rings. The Morgan fingerprint density at radius 2 is 1.69 bits per heavy atom. The number of anilines is 1. The van der Waals surface area contributed by atoms with Gasteiger partial charge in [-0.25, -0.2) is 4.98 Å². The van der Waals surface area contributed by atoms with Gasteiger partial charge in [-0.1, -0.05) is 50.6 Å². The number of ether oxygens (including phenoxy) is 1. The standard InChI is InChI=1S/C30H35FN2O2/c1-5-7-21(4)19-33(30(34)27-18-26(27)28-8-6-9-29(31)32-28)24-14-10-22(11-15-24)23-12-16-25(17-13-23)35-20(2)3/h6,8-17,20-21,26-27H,5,7,18-19H2,1-4H3/t21-,26+,27+/m0/s1. The zero-order chi connectivity index (χ0) is 24.9. The van der Waals surface area contributed by atoms with E-state index in [4.69, 9.17) is 4.74 Å². The summed E-state index contributed by atoms with van der Waals surface area (Å²) in [5, 5.41) is 0. The van der Waals surface area contributed by atoms with Gasteiger partial charge in [0.25, 0.3) is 0 Å². The molecule has 0 saturated heterocycles. The van der Waals surface area contributed by atoms with Gasteiger partial charge in [0.15, 0.2) is 0 Å². The minimum Gasteiger partial charge on any atom is -0.491 e. The third-order valence-corrected chi connectivity index (χ3v) is 6.50. The van der Waals surface area contributed by atoms with Crippen molar-refractivity contribution in [3.63, 3.8) is 0 Å². The smallest absolute Gasteiger partial charge is 0.230 e. The number of carbonyl (C=O) groups is 1. The van der Waals surface area contributed by atoms with Gasteiger partial charge in [-0.2, -0.15) is 4.39 Å². The van der Waals surface area contributed by atoms with E-state index in [2.05, 4.69) is 43.1 Å². The van der Waals surface area contributed by atoms with Gasteiger partial charge in [-0.05, 0) is 80.1 Å². The van der Waals surface area contributed by atoms with E-state index < -0.39 is 5.95 Å². The van der Waals surface area contributed by atoms with E-state index in [1.54, 1.807) is 6.07 Å². The summed E-state index contributed by atoms with van der Waals surface area (Å²) in [6.45, 7) is 9.06. The lowest BCUT2D eigenvalue weighted by atomic mass is 10.0. The van der Waals surface area contributed by atoms with Crippen molar-refractivity contribution >= 4 is 11.6 Å². The van der Waals surface area contributed by atoms with Crippen LogP contribution in [-0.4, -0.2) is 23.5 Å². The first kappa shape index (κ1) is 24.9. The summed E-state index contributed by atoms with van der Waals surface area (Å²) in [4.78, 5) is 19.5. The highest BCUT2D eigenvalue weighted by atomic mass is 19.1. The Bertz CT molecular complexity index is 1130. The van der Waals surface area contributed by atoms with Crippen molar-refractivity contribution in [2.45, 2.75) is 59.0 Å². The van der Waals surface area contributed by atoms with Crippen LogP contribution in [-0.2, 0) is 4.79 Å². The number of nitrogens with zero attached hydrogens (tertiary/aromatic N) is 2. The summed E-state index contributed by atoms with van der Waals surface area (Å²) in [6.07, 6.45) is 3.00. The molecule has 2 aromatic carbocycles. The molecule has 35 heavy (non-hydrogen) atoms. The monoisotopic (exact) mass is 474 g/mol. The number of hydrogen-bond donors (Lipinski definition) is 0. The molecule has 1 aromatic heterocycles. The van der Waals surface area contributed by atoms with Crippen LogP contribution >= 0.6 is 0 Å². The number of amides is 1. The van der Waals surface area contributed by atoms with Crippen LogP contribution in [0.3, 0.4) is 0 Å². The molecule has 0 aliphatic heterocycles. The van der Waals surface area contributed by atoms with Crippen LogP contribution in [0, 0.1) is 17.8 Å². The summed E-state index contributed by atoms with van der Waals surface area (Å²) in [6, 6.07) is 21.1. The molecule has 3 atom stereocenters. The van der Waals surface area contributed by atoms with Crippen molar-refractivity contribution in [3.8, 4) is 16.9 Å². The normalized spacial score (nSPS) is 17.8. The molecule has 3 aromatic rings. The first-order valence-corrected chi connectivity index (χ1v) is 12.7. The summed E-state index contributed by atoms with van der Waals surface area (Å²) in [5.74, 6) is 0.704. The highest BCUT2D eigenvalue weighted by molar-refractivity contribution is 5.97. The average Bonchev–Trinajstić information content (AvgIpc) is 3.64. The Hall–Kier alpha value is -3.21. The SMILES string of the molecule is CCC[C@H](C)CN(C(=O)[C@@H]1C[C@H]1c1cccc(F)n1)c1ccc(-c2ccc(OC(C)C)cc2)cc1. The molecule has 0 spiro atoms. The van der Waals surface area contributed by atoms with Crippen LogP contribution in [0.15, 0.2) is 66.7 Å². The molecule has 1 amide bonds. The van der Waals surface area contributed by atoms with Gasteiger partial charge >= 0.3 is 0 Å². The van der Waals surface area contributed by atoms with Gasteiger partial charge in [-0.15, -0.1) is 0 Å². The second-order valence-corrected chi connectivity index (χ2v) is 9.91. The van der Waals surface area contributed by atoms with Crippen LogP contribution in [0.4, 0.5) is 10.1 Å². The second-order valence-electron chi connectivity index (χ2n) is 9.91. The van der Waals surface area contributed by atoms with Gasteiger partial charge in [-0.3, -0.25) is 4.79 Å². The Morgan fingerprint density at radius 1 is 1.03 bits per heavy atom. The van der Waals surface area contributed by atoms with Crippen LogP contribution in [0.5, 0.6) is 5.75 Å². The molecule has 0 unspecified atom stereocenters. The third-order valence-electron chi connectivity index (χ3n) is 6.50. The lowest BCUT2D eigenvalue weighted by Crippen LogP contribution is -2.36. The minimum atomic E-state index is -0.492. The maximum absolute atomic E-state index is 13.6. The summed E-state index contributed by atoms with van der Waals surface area (Å²) < 4.78 is 19.4. The molecule has 0 bridgehead atoms. The molecule has 1 saturated carbocycles. The van der Waals surface area contributed by atoms with E-state index in [0.29, 0.717) is 18.2 Å². The number of hydrogen-bond acceptors (Lipinski definition) is 3. The van der Waals surface area contributed by atoms with E-state index in [9.17, 15) is 9.18 Å². The molecule has 5 heteroatoms. The Morgan fingerprint density at radius 3 is 2.29 bits per heavy atom. The van der Waals surface area contributed by atoms with Crippen LogP contribution in [0.1, 0.15) is 58.6 Å². The van der Waals surface area contributed by atoms with Crippen molar-refractivity contribution in [1.29, 1.82) is 0 Å². The maximum atomic E-state index is 13.6. The molecule has 4 rings (SSSR count). The summed E-state index contributed by atoms with van der Waals surface area (Å²) in [5.41, 5.74) is 3.76. The number of aromatic nitrogens is 1. The number of benzene rings is 2. The topological polar surface area (TPSA) is 42.4 Å². The molecule has 1 fully saturated rings. The van der Waals surface area contributed by atoms with Crippen molar-refractivity contribution in [3.05, 3.63) is 78.4 Å². The third kappa shape index (κ3) is 6.27. The molecule has 1 heterocycles. The fourth-order valence-corrected chi connectivity index (χ4v) is 4.68. The largest absolute Gasteiger partial charge is 0.491 e. The van der Waals surface area contributed by atoms with Crippen LogP contribution in [0.25, 0.3) is 11.1 Å². The van der Waals surface area contributed by atoms with Gasteiger partial charge in [0.1, 0.15) is 5.75 Å². The van der Waals surface area contributed by atoms with Gasteiger partial charge in [0.05, 0.1) is 6.10 Å². The zero-order valence-corrected chi connectivity index (χ0v) is 21.1. The lowest BCUT2D eigenvalue weighted by molar-refractivity contribution is -0.120. The maximum Gasteiger partial charge on any atom is 0.230 e. The molecule has 0 N–H and O–H groups in total. The molecule has 4 nitrogen and oxygen atoms in total. The van der Waals surface area contributed by atoms with E-state index in [-0.39, 0.29) is 23.8 Å². The molecular formula is C30H35FN2O2. The lowest BCUT2D eigenvalue weighted by Gasteiger charge is -2.27. The molecular weight excluding hydrogens is 439 g/mol. The van der Waals surface area contributed by atoms with E-state index in [0.717, 1.165) is 41.8 Å². The molecule has 0 radical (unpaired) electrons. The van der Waals surface area contributed by atoms with Gasteiger partial charge in [0, 0.05) is 29.8 Å². The molecule has 1 aliphatic carbocycles. The van der Waals surface area contributed by atoms with Gasteiger partial charge < -0.3 is 9.64 Å². The Kier molecular flexibility index (Phi) is 7.84. The van der Waals surface area contributed by atoms with Crippen molar-refractivity contribution < 1.29 is 13.9 Å².